The Balaban J connectivity index is 2.04. The summed E-state index contributed by atoms with van der Waals surface area (Å²) in [4.78, 5) is 3.99. The molecule has 0 aliphatic rings. The minimum Gasteiger partial charge on any atom is -0.388 e. The van der Waals surface area contributed by atoms with Gasteiger partial charge in [-0.05, 0) is 18.1 Å². The maximum Gasteiger partial charge on any atom is 0.129 e. The molecule has 0 bridgehead atoms. The van der Waals surface area contributed by atoms with Crippen LogP contribution in [0.5, 0.6) is 0 Å². The van der Waals surface area contributed by atoms with Crippen molar-refractivity contribution in [1.82, 2.24) is 4.98 Å². The highest BCUT2D eigenvalue weighted by atomic mass is 35.5. The SMILES string of the molecule is CCCCCCCCCCC(O)c1ccc(Cl)nc1. The lowest BCUT2D eigenvalue weighted by Crippen LogP contribution is -1.98. The van der Waals surface area contributed by atoms with E-state index in [1.165, 1.54) is 44.9 Å². The van der Waals surface area contributed by atoms with Crippen LogP contribution in [-0.2, 0) is 0 Å². The van der Waals surface area contributed by atoms with E-state index in [1.54, 1.807) is 12.3 Å². The average molecular weight is 284 g/mol. The molecule has 1 atom stereocenters. The van der Waals surface area contributed by atoms with Crippen LogP contribution < -0.4 is 0 Å². The lowest BCUT2D eigenvalue weighted by Gasteiger charge is -2.10. The number of pyridine rings is 1. The van der Waals surface area contributed by atoms with Gasteiger partial charge in [0.2, 0.25) is 0 Å². The topological polar surface area (TPSA) is 33.1 Å². The summed E-state index contributed by atoms with van der Waals surface area (Å²) in [7, 11) is 0. The van der Waals surface area contributed by atoms with E-state index in [4.69, 9.17) is 11.6 Å². The van der Waals surface area contributed by atoms with Crippen LogP contribution in [0, 0.1) is 0 Å². The molecular weight excluding hydrogens is 258 g/mol. The van der Waals surface area contributed by atoms with E-state index in [1.807, 2.05) is 6.07 Å². The van der Waals surface area contributed by atoms with Crippen molar-refractivity contribution >= 4 is 11.6 Å². The molecule has 0 fully saturated rings. The van der Waals surface area contributed by atoms with Gasteiger partial charge in [-0.3, -0.25) is 0 Å². The number of unbranched alkanes of at least 4 members (excludes halogenated alkanes) is 7. The zero-order valence-electron chi connectivity index (χ0n) is 11.9. The smallest absolute Gasteiger partial charge is 0.129 e. The fourth-order valence-corrected chi connectivity index (χ4v) is 2.33. The van der Waals surface area contributed by atoms with Gasteiger partial charge in [-0.15, -0.1) is 0 Å². The van der Waals surface area contributed by atoms with Gasteiger partial charge in [0, 0.05) is 6.20 Å². The van der Waals surface area contributed by atoms with Crippen molar-refractivity contribution in [2.45, 2.75) is 70.8 Å². The van der Waals surface area contributed by atoms with E-state index in [2.05, 4.69) is 11.9 Å². The van der Waals surface area contributed by atoms with Gasteiger partial charge in [0.1, 0.15) is 5.15 Å². The van der Waals surface area contributed by atoms with Gasteiger partial charge in [-0.2, -0.15) is 0 Å². The average Bonchev–Trinajstić information content (AvgIpc) is 2.42. The van der Waals surface area contributed by atoms with Crippen molar-refractivity contribution < 1.29 is 5.11 Å². The minimum atomic E-state index is -0.398. The first-order chi connectivity index (χ1) is 9.24. The molecule has 0 amide bonds. The molecule has 1 unspecified atom stereocenters. The molecule has 0 saturated heterocycles. The fraction of sp³-hybridized carbons (Fsp3) is 0.688. The molecule has 19 heavy (non-hydrogen) atoms. The molecule has 2 nitrogen and oxygen atoms in total. The Morgan fingerprint density at radius 2 is 1.68 bits per heavy atom. The van der Waals surface area contributed by atoms with Gasteiger partial charge in [-0.1, -0.05) is 76.0 Å². The number of hydrogen-bond acceptors (Lipinski definition) is 2. The van der Waals surface area contributed by atoms with Gasteiger partial charge < -0.3 is 5.11 Å². The summed E-state index contributed by atoms with van der Waals surface area (Å²) in [6.07, 6.45) is 12.4. The van der Waals surface area contributed by atoms with E-state index in [9.17, 15) is 5.11 Å². The first-order valence-corrected chi connectivity index (χ1v) is 7.91. The van der Waals surface area contributed by atoms with Gasteiger partial charge in [0.15, 0.2) is 0 Å². The van der Waals surface area contributed by atoms with Crippen molar-refractivity contribution in [1.29, 1.82) is 0 Å². The van der Waals surface area contributed by atoms with Crippen molar-refractivity contribution in [3.8, 4) is 0 Å². The molecule has 3 heteroatoms. The number of aliphatic hydroxyl groups is 1. The van der Waals surface area contributed by atoms with Gasteiger partial charge in [-0.25, -0.2) is 4.98 Å². The zero-order valence-corrected chi connectivity index (χ0v) is 12.7. The summed E-state index contributed by atoms with van der Waals surface area (Å²) in [5, 5.41) is 10.5. The third-order valence-electron chi connectivity index (χ3n) is 3.47. The first kappa shape index (κ1) is 16.5. The van der Waals surface area contributed by atoms with Crippen molar-refractivity contribution in [2.75, 3.05) is 0 Å². The number of nitrogens with zero attached hydrogens (tertiary/aromatic N) is 1. The van der Waals surface area contributed by atoms with Crippen LogP contribution in [0.15, 0.2) is 18.3 Å². The molecule has 0 aliphatic heterocycles. The van der Waals surface area contributed by atoms with Crippen molar-refractivity contribution in [3.63, 3.8) is 0 Å². The molecule has 0 radical (unpaired) electrons. The molecule has 108 valence electrons. The van der Waals surface area contributed by atoms with Gasteiger partial charge >= 0.3 is 0 Å². The standard InChI is InChI=1S/C16H26ClNO/c1-2-3-4-5-6-7-8-9-10-15(19)14-11-12-16(17)18-13-14/h11-13,15,19H,2-10H2,1H3. The van der Waals surface area contributed by atoms with Crippen LogP contribution in [0.3, 0.4) is 0 Å². The molecule has 0 aliphatic carbocycles. The highest BCUT2D eigenvalue weighted by molar-refractivity contribution is 6.29. The van der Waals surface area contributed by atoms with Crippen molar-refractivity contribution in [2.24, 2.45) is 0 Å². The second kappa shape index (κ2) is 10.2. The molecule has 0 spiro atoms. The zero-order chi connectivity index (χ0) is 13.9. The van der Waals surface area contributed by atoms with Crippen LogP contribution in [0.1, 0.15) is 76.4 Å². The van der Waals surface area contributed by atoms with E-state index >= 15 is 0 Å². The molecule has 0 saturated carbocycles. The molecular formula is C16H26ClNO. The predicted octanol–water partition coefficient (Wildman–Crippen LogP) is 5.30. The molecule has 1 N–H and O–H groups in total. The maximum absolute atomic E-state index is 10.0. The Kier molecular flexibility index (Phi) is 8.85. The number of rotatable bonds is 10. The Morgan fingerprint density at radius 3 is 2.26 bits per heavy atom. The second-order valence-corrected chi connectivity index (χ2v) is 5.58. The summed E-state index contributed by atoms with van der Waals surface area (Å²) in [5.74, 6) is 0. The molecule has 1 aromatic heterocycles. The summed E-state index contributed by atoms with van der Waals surface area (Å²) in [6, 6.07) is 3.58. The number of hydrogen-bond donors (Lipinski definition) is 1. The third-order valence-corrected chi connectivity index (χ3v) is 3.69. The highest BCUT2D eigenvalue weighted by Gasteiger charge is 2.07. The maximum atomic E-state index is 10.0. The van der Waals surface area contributed by atoms with Gasteiger partial charge in [0.25, 0.3) is 0 Å². The Labute approximate surface area is 122 Å². The Hall–Kier alpha value is -0.600. The highest BCUT2D eigenvalue weighted by Crippen LogP contribution is 2.20. The van der Waals surface area contributed by atoms with Gasteiger partial charge in [0.05, 0.1) is 6.10 Å². The fourth-order valence-electron chi connectivity index (χ4n) is 2.22. The van der Waals surface area contributed by atoms with Crippen LogP contribution in [-0.4, -0.2) is 10.1 Å². The monoisotopic (exact) mass is 283 g/mol. The third kappa shape index (κ3) is 7.54. The van der Waals surface area contributed by atoms with E-state index in [0.29, 0.717) is 5.15 Å². The molecule has 1 rings (SSSR count). The minimum absolute atomic E-state index is 0.398. The van der Waals surface area contributed by atoms with Crippen LogP contribution >= 0.6 is 11.6 Å². The quantitative estimate of drug-likeness (QED) is 0.467. The summed E-state index contributed by atoms with van der Waals surface area (Å²) in [5.41, 5.74) is 0.868. The first-order valence-electron chi connectivity index (χ1n) is 7.53. The lowest BCUT2D eigenvalue weighted by molar-refractivity contribution is 0.163. The van der Waals surface area contributed by atoms with E-state index in [-0.39, 0.29) is 0 Å². The summed E-state index contributed by atoms with van der Waals surface area (Å²) in [6.45, 7) is 2.24. The number of aliphatic hydroxyl groups excluding tert-OH is 1. The Bertz CT molecular complexity index is 326. The summed E-state index contributed by atoms with van der Waals surface area (Å²) < 4.78 is 0. The van der Waals surface area contributed by atoms with Crippen molar-refractivity contribution in [3.05, 3.63) is 29.0 Å². The molecule has 0 aromatic carbocycles. The van der Waals surface area contributed by atoms with Crippen LogP contribution in [0.25, 0.3) is 0 Å². The summed E-state index contributed by atoms with van der Waals surface area (Å²) >= 11 is 5.72. The number of halogens is 1. The second-order valence-electron chi connectivity index (χ2n) is 5.19. The molecule has 1 heterocycles. The molecule has 1 aromatic rings. The van der Waals surface area contributed by atoms with Crippen LogP contribution in [0.4, 0.5) is 0 Å². The van der Waals surface area contributed by atoms with Crippen LogP contribution in [0.2, 0.25) is 5.15 Å². The predicted molar refractivity (Wildman–Crippen MR) is 81.4 cm³/mol. The normalized spacial score (nSPS) is 12.6. The van der Waals surface area contributed by atoms with E-state index < -0.39 is 6.10 Å². The number of aromatic nitrogens is 1. The Morgan fingerprint density at radius 1 is 1.05 bits per heavy atom. The largest absolute Gasteiger partial charge is 0.388 e. The van der Waals surface area contributed by atoms with E-state index in [0.717, 1.165) is 18.4 Å². The lowest BCUT2D eigenvalue weighted by atomic mass is 10.0.